The second kappa shape index (κ2) is 7.38. The summed E-state index contributed by atoms with van der Waals surface area (Å²) in [5, 5.41) is 2.45. The lowest BCUT2D eigenvalue weighted by atomic mass is 10.0. The minimum Gasteiger partial charge on any atom is -0.453 e. The van der Waals surface area contributed by atoms with Gasteiger partial charge in [-0.15, -0.1) is 0 Å². The summed E-state index contributed by atoms with van der Waals surface area (Å²) in [7, 11) is -5.79. The number of ether oxygens (including phenoxy) is 1. The highest BCUT2D eigenvalue weighted by molar-refractivity contribution is 7.89. The quantitative estimate of drug-likeness (QED) is 0.740. The van der Waals surface area contributed by atoms with Crippen LogP contribution in [0.3, 0.4) is 0 Å². The van der Waals surface area contributed by atoms with Crippen molar-refractivity contribution in [2.24, 2.45) is 0 Å². The number of hydrogen-bond acceptors (Lipinski definition) is 6. The molecule has 0 saturated carbocycles. The van der Waals surface area contributed by atoms with Gasteiger partial charge in [0.25, 0.3) is 0 Å². The molecule has 2 N–H and O–H groups in total. The molecule has 2 bridgehead atoms. The van der Waals surface area contributed by atoms with Crippen LogP contribution in [0.25, 0.3) is 0 Å². The first-order valence-electron chi connectivity index (χ1n) is 8.56. The van der Waals surface area contributed by atoms with Crippen LogP contribution in [0.2, 0.25) is 0 Å². The van der Waals surface area contributed by atoms with Crippen LogP contribution in [0.1, 0.15) is 25.7 Å². The van der Waals surface area contributed by atoms with Crippen LogP contribution in [-0.2, 0) is 24.8 Å². The number of hydrogen-bond donors (Lipinski definition) is 2. The Morgan fingerprint density at radius 3 is 2.11 bits per heavy atom. The van der Waals surface area contributed by atoms with Crippen molar-refractivity contribution >= 4 is 31.8 Å². The summed E-state index contributed by atoms with van der Waals surface area (Å²) in [5.74, 6) is 0. The van der Waals surface area contributed by atoms with Crippen molar-refractivity contribution in [3.05, 3.63) is 24.3 Å². The molecule has 1 aromatic carbocycles. The number of fused-ring (bicyclic) bond motifs is 2. The highest BCUT2D eigenvalue weighted by Crippen LogP contribution is 2.37. The Hall–Kier alpha value is -1.69. The van der Waals surface area contributed by atoms with E-state index in [0.29, 0.717) is 18.5 Å². The molecule has 0 aliphatic carbocycles. The highest BCUT2D eigenvalue weighted by Gasteiger charge is 2.45. The van der Waals surface area contributed by atoms with E-state index in [1.807, 2.05) is 0 Å². The molecule has 3 atom stereocenters. The molecule has 2 fully saturated rings. The van der Waals surface area contributed by atoms with Crippen molar-refractivity contribution in [3.63, 3.8) is 0 Å². The molecule has 11 heteroatoms. The van der Waals surface area contributed by atoms with Gasteiger partial charge in [0.1, 0.15) is 0 Å². The molecule has 0 spiro atoms. The standard InChI is InChI=1S/C16H23N3O6S2/c1-25-16(20)17-11-3-7-15(8-4-11)27(23,24)18-12-9-13-5-6-14(10-12)19(13)26(2,21)22/h3-4,7-8,12-14,18H,5-6,9-10H2,1-2H3,(H,17,20)/t12?,13-,14+. The molecule has 1 aromatic rings. The fourth-order valence-corrected chi connectivity index (χ4v) is 6.67. The average molecular weight is 418 g/mol. The third-order valence-corrected chi connectivity index (χ3v) is 7.87. The van der Waals surface area contributed by atoms with Crippen LogP contribution >= 0.6 is 0 Å². The van der Waals surface area contributed by atoms with E-state index in [-0.39, 0.29) is 23.0 Å². The Morgan fingerprint density at radius 2 is 1.63 bits per heavy atom. The van der Waals surface area contributed by atoms with Crippen LogP contribution in [-0.4, -0.2) is 58.7 Å². The van der Waals surface area contributed by atoms with Gasteiger partial charge in [0.05, 0.1) is 18.3 Å². The number of sulfonamides is 2. The normalized spacial score (nSPS) is 25.9. The number of nitrogens with zero attached hydrogens (tertiary/aromatic N) is 1. The molecule has 2 saturated heterocycles. The lowest BCUT2D eigenvalue weighted by Gasteiger charge is -2.37. The van der Waals surface area contributed by atoms with Gasteiger partial charge in [0.2, 0.25) is 20.0 Å². The zero-order valence-corrected chi connectivity index (χ0v) is 16.7. The molecule has 2 heterocycles. The minimum absolute atomic E-state index is 0.0794. The molecule has 3 rings (SSSR count). The first-order chi connectivity index (χ1) is 12.6. The van der Waals surface area contributed by atoms with Crippen LogP contribution in [0, 0.1) is 0 Å². The number of anilines is 1. The Labute approximate surface area is 159 Å². The van der Waals surface area contributed by atoms with Gasteiger partial charge in [0.15, 0.2) is 0 Å². The van der Waals surface area contributed by atoms with Gasteiger partial charge in [-0.2, -0.15) is 4.31 Å². The summed E-state index contributed by atoms with van der Waals surface area (Å²) in [6.45, 7) is 0. The molecule has 150 valence electrons. The fourth-order valence-electron chi connectivity index (χ4n) is 3.95. The number of amides is 1. The molecule has 1 unspecified atom stereocenters. The van der Waals surface area contributed by atoms with Gasteiger partial charge >= 0.3 is 6.09 Å². The van der Waals surface area contributed by atoms with Gasteiger partial charge in [-0.05, 0) is 49.9 Å². The SMILES string of the molecule is COC(=O)Nc1ccc(S(=O)(=O)NC2C[C@H]3CC[C@@H](C2)N3S(C)(=O)=O)cc1. The Morgan fingerprint density at radius 1 is 1.07 bits per heavy atom. The summed E-state index contributed by atoms with van der Waals surface area (Å²) < 4.78 is 57.9. The van der Waals surface area contributed by atoms with Crippen molar-refractivity contribution < 1.29 is 26.4 Å². The Balaban J connectivity index is 1.68. The molecule has 1 amide bonds. The maximum atomic E-state index is 12.6. The highest BCUT2D eigenvalue weighted by atomic mass is 32.2. The van der Waals surface area contributed by atoms with E-state index in [1.165, 1.54) is 41.9 Å². The van der Waals surface area contributed by atoms with E-state index in [9.17, 15) is 21.6 Å². The molecule has 27 heavy (non-hydrogen) atoms. The largest absolute Gasteiger partial charge is 0.453 e. The lowest BCUT2D eigenvalue weighted by Crippen LogP contribution is -2.51. The summed E-state index contributed by atoms with van der Waals surface area (Å²) in [4.78, 5) is 11.3. The molecule has 0 radical (unpaired) electrons. The molecule has 2 aliphatic rings. The van der Waals surface area contributed by atoms with Crippen LogP contribution in [0.4, 0.5) is 10.5 Å². The number of nitrogens with one attached hydrogen (secondary N) is 2. The maximum Gasteiger partial charge on any atom is 0.411 e. The first kappa shape index (κ1) is 20.1. The second-order valence-corrected chi connectivity index (χ2v) is 10.5. The van der Waals surface area contributed by atoms with E-state index in [0.717, 1.165) is 12.8 Å². The van der Waals surface area contributed by atoms with E-state index in [4.69, 9.17) is 0 Å². The third kappa shape index (κ3) is 4.42. The number of rotatable bonds is 5. The Kier molecular flexibility index (Phi) is 5.48. The van der Waals surface area contributed by atoms with Crippen LogP contribution in [0.15, 0.2) is 29.2 Å². The zero-order chi connectivity index (χ0) is 19.8. The van der Waals surface area contributed by atoms with Gasteiger partial charge in [0, 0.05) is 23.8 Å². The molecule has 0 aromatic heterocycles. The van der Waals surface area contributed by atoms with Crippen LogP contribution < -0.4 is 10.0 Å². The van der Waals surface area contributed by atoms with E-state index in [2.05, 4.69) is 14.8 Å². The molecule has 9 nitrogen and oxygen atoms in total. The summed E-state index contributed by atoms with van der Waals surface area (Å²) >= 11 is 0. The van der Waals surface area contributed by atoms with Crippen molar-refractivity contribution in [3.8, 4) is 0 Å². The minimum atomic E-state index is -3.74. The van der Waals surface area contributed by atoms with Crippen LogP contribution in [0.5, 0.6) is 0 Å². The van der Waals surface area contributed by atoms with Crippen molar-refractivity contribution in [1.29, 1.82) is 0 Å². The second-order valence-electron chi connectivity index (χ2n) is 6.91. The van der Waals surface area contributed by atoms with Crippen molar-refractivity contribution in [2.45, 2.75) is 48.7 Å². The number of methoxy groups -OCH3 is 1. The van der Waals surface area contributed by atoms with Gasteiger partial charge < -0.3 is 4.74 Å². The summed E-state index contributed by atoms with van der Waals surface area (Å²) in [6, 6.07) is 5.12. The lowest BCUT2D eigenvalue weighted by molar-refractivity contribution is 0.187. The monoisotopic (exact) mass is 417 g/mol. The number of benzene rings is 1. The van der Waals surface area contributed by atoms with Gasteiger partial charge in [-0.1, -0.05) is 0 Å². The van der Waals surface area contributed by atoms with Crippen molar-refractivity contribution in [1.82, 2.24) is 9.03 Å². The van der Waals surface area contributed by atoms with Gasteiger partial charge in [-0.25, -0.2) is 26.4 Å². The molecule has 2 aliphatic heterocycles. The topological polar surface area (TPSA) is 122 Å². The number of piperidine rings is 1. The number of carbonyl (C=O) groups excluding carboxylic acids is 1. The van der Waals surface area contributed by atoms with Crippen molar-refractivity contribution in [2.75, 3.05) is 18.7 Å². The third-order valence-electron chi connectivity index (χ3n) is 4.97. The average Bonchev–Trinajstić information content (AvgIpc) is 2.87. The fraction of sp³-hybridized carbons (Fsp3) is 0.562. The van der Waals surface area contributed by atoms with Gasteiger partial charge in [-0.3, -0.25) is 5.32 Å². The van der Waals surface area contributed by atoms with E-state index < -0.39 is 26.1 Å². The zero-order valence-electron chi connectivity index (χ0n) is 15.1. The smallest absolute Gasteiger partial charge is 0.411 e. The summed E-state index contributed by atoms with van der Waals surface area (Å²) in [5.41, 5.74) is 0.417. The molecular formula is C16H23N3O6S2. The Bertz CT molecular complexity index is 900. The van der Waals surface area contributed by atoms with E-state index >= 15 is 0 Å². The van der Waals surface area contributed by atoms with E-state index in [1.54, 1.807) is 0 Å². The maximum absolute atomic E-state index is 12.6. The number of carbonyl (C=O) groups is 1. The predicted molar refractivity (Wildman–Crippen MR) is 99.3 cm³/mol. The molecular weight excluding hydrogens is 394 g/mol. The predicted octanol–water partition coefficient (Wildman–Crippen LogP) is 1.10. The first-order valence-corrected chi connectivity index (χ1v) is 11.9. The summed E-state index contributed by atoms with van der Waals surface area (Å²) in [6.07, 6.45) is 2.99.